The van der Waals surface area contributed by atoms with Gasteiger partial charge in [-0.05, 0) is 77.6 Å². The molecule has 0 aromatic heterocycles. The van der Waals surface area contributed by atoms with Crippen molar-refractivity contribution >= 4 is 28.7 Å². The number of phenols is 1. The highest BCUT2D eigenvalue weighted by atomic mass is 127. The molecule has 0 heterocycles. The van der Waals surface area contributed by atoms with E-state index in [1.807, 2.05) is 26.0 Å². The van der Waals surface area contributed by atoms with E-state index in [4.69, 9.17) is 9.84 Å². The number of allylic oxidation sites excluding steroid dienone is 1. The SMILES string of the molecule is C=C(CC)/C(=C/CO)C(O)CC/C(C)=C/c1cc(I)c(O)c(OC)c1. The second-order valence-electron chi connectivity index (χ2n) is 5.90. The van der Waals surface area contributed by atoms with Crippen LogP contribution in [0.4, 0.5) is 0 Å². The Morgan fingerprint density at radius 1 is 1.40 bits per heavy atom. The van der Waals surface area contributed by atoms with Gasteiger partial charge in [0.25, 0.3) is 0 Å². The Bertz CT molecular complexity index is 662. The van der Waals surface area contributed by atoms with Gasteiger partial charge in [-0.3, -0.25) is 0 Å². The lowest BCUT2D eigenvalue weighted by Gasteiger charge is -2.17. The second-order valence-corrected chi connectivity index (χ2v) is 7.06. The Labute approximate surface area is 163 Å². The second kappa shape index (κ2) is 10.6. The summed E-state index contributed by atoms with van der Waals surface area (Å²) in [4.78, 5) is 0. The van der Waals surface area contributed by atoms with E-state index in [0.29, 0.717) is 18.6 Å². The molecule has 1 aromatic carbocycles. The quantitative estimate of drug-likeness (QED) is 0.378. The van der Waals surface area contributed by atoms with Crippen molar-refractivity contribution in [1.82, 2.24) is 0 Å². The summed E-state index contributed by atoms with van der Waals surface area (Å²) in [5, 5.41) is 29.4. The number of halogens is 1. The van der Waals surface area contributed by atoms with Crippen LogP contribution in [0.5, 0.6) is 11.5 Å². The zero-order valence-electron chi connectivity index (χ0n) is 15.1. The van der Waals surface area contributed by atoms with E-state index in [1.165, 1.54) is 7.11 Å². The Hall–Kier alpha value is -1.31. The van der Waals surface area contributed by atoms with E-state index in [9.17, 15) is 10.2 Å². The van der Waals surface area contributed by atoms with Gasteiger partial charge in [0.2, 0.25) is 0 Å². The van der Waals surface area contributed by atoms with Crippen LogP contribution in [0.1, 0.15) is 38.7 Å². The Morgan fingerprint density at radius 3 is 2.64 bits per heavy atom. The molecule has 0 aliphatic heterocycles. The molecule has 138 valence electrons. The van der Waals surface area contributed by atoms with Gasteiger partial charge < -0.3 is 20.1 Å². The van der Waals surface area contributed by atoms with Crippen LogP contribution in [0.2, 0.25) is 0 Å². The van der Waals surface area contributed by atoms with Gasteiger partial charge in [0.1, 0.15) is 0 Å². The van der Waals surface area contributed by atoms with Crippen LogP contribution in [0.25, 0.3) is 6.08 Å². The number of rotatable bonds is 9. The highest BCUT2D eigenvalue weighted by Gasteiger charge is 2.13. The van der Waals surface area contributed by atoms with Crippen LogP contribution in [-0.4, -0.2) is 35.1 Å². The molecular weight excluding hydrogens is 431 g/mol. The molecule has 0 spiro atoms. The molecule has 0 aliphatic carbocycles. The minimum atomic E-state index is -0.641. The Morgan fingerprint density at radius 2 is 2.08 bits per heavy atom. The van der Waals surface area contributed by atoms with Gasteiger partial charge in [-0.1, -0.05) is 31.2 Å². The zero-order valence-corrected chi connectivity index (χ0v) is 17.2. The number of aliphatic hydroxyl groups excluding tert-OH is 2. The average Bonchev–Trinajstić information content (AvgIpc) is 2.59. The molecule has 3 N–H and O–H groups in total. The summed E-state index contributed by atoms with van der Waals surface area (Å²) in [7, 11) is 1.53. The van der Waals surface area contributed by atoms with Crippen molar-refractivity contribution in [3.05, 3.63) is 50.6 Å². The van der Waals surface area contributed by atoms with Gasteiger partial charge in [-0.2, -0.15) is 0 Å². The summed E-state index contributed by atoms with van der Waals surface area (Å²) in [6.07, 6.45) is 5.00. The fraction of sp³-hybridized carbons (Fsp3) is 0.400. The van der Waals surface area contributed by atoms with Gasteiger partial charge in [0.15, 0.2) is 11.5 Å². The number of hydrogen-bond acceptors (Lipinski definition) is 4. The van der Waals surface area contributed by atoms with E-state index in [2.05, 4.69) is 29.2 Å². The molecule has 0 radical (unpaired) electrons. The topological polar surface area (TPSA) is 69.9 Å². The molecule has 0 saturated carbocycles. The molecular formula is C20H27IO4. The molecule has 0 saturated heterocycles. The largest absolute Gasteiger partial charge is 0.504 e. The highest BCUT2D eigenvalue weighted by Crippen LogP contribution is 2.33. The summed E-state index contributed by atoms with van der Waals surface area (Å²) in [6, 6.07) is 3.67. The molecule has 1 aromatic rings. The molecule has 1 atom stereocenters. The van der Waals surface area contributed by atoms with Crippen LogP contribution >= 0.6 is 22.6 Å². The Balaban J connectivity index is 2.83. The van der Waals surface area contributed by atoms with Crippen LogP contribution < -0.4 is 4.74 Å². The standard InChI is InChI=1S/C20H27IO4/c1-5-14(3)16(8-9-22)18(23)7-6-13(2)10-15-11-17(21)20(24)19(12-15)25-4/h8,10-12,18,22-24H,3,5-7,9H2,1-2,4H3/b13-10+,16-8-. The molecule has 0 aliphatic rings. The number of methoxy groups -OCH3 is 1. The molecule has 0 fully saturated rings. The summed E-state index contributed by atoms with van der Waals surface area (Å²) < 4.78 is 5.90. The third-order valence-electron chi connectivity index (χ3n) is 4.00. The molecule has 25 heavy (non-hydrogen) atoms. The van der Waals surface area contributed by atoms with Crippen molar-refractivity contribution in [3.63, 3.8) is 0 Å². The van der Waals surface area contributed by atoms with Crippen LogP contribution in [0.15, 0.2) is 41.5 Å². The van der Waals surface area contributed by atoms with Crippen LogP contribution in [0.3, 0.4) is 0 Å². The fourth-order valence-corrected chi connectivity index (χ4v) is 3.15. The third-order valence-corrected chi connectivity index (χ3v) is 4.82. The number of hydrogen-bond donors (Lipinski definition) is 3. The lowest BCUT2D eigenvalue weighted by Crippen LogP contribution is -2.12. The summed E-state index contributed by atoms with van der Waals surface area (Å²) in [6.45, 7) is 7.83. The minimum absolute atomic E-state index is 0.105. The smallest absolute Gasteiger partial charge is 0.171 e. The first-order chi connectivity index (χ1) is 11.8. The van der Waals surface area contributed by atoms with Gasteiger partial charge >= 0.3 is 0 Å². The molecule has 1 rings (SSSR count). The predicted molar refractivity (Wildman–Crippen MR) is 111 cm³/mol. The fourth-order valence-electron chi connectivity index (χ4n) is 2.53. The van der Waals surface area contributed by atoms with E-state index in [-0.39, 0.29) is 12.4 Å². The first kappa shape index (κ1) is 21.7. The maximum Gasteiger partial charge on any atom is 0.171 e. The average molecular weight is 458 g/mol. The number of ether oxygens (including phenoxy) is 1. The van der Waals surface area contributed by atoms with Crippen LogP contribution in [-0.2, 0) is 0 Å². The molecule has 1 unspecified atom stereocenters. The van der Waals surface area contributed by atoms with E-state index in [1.54, 1.807) is 12.1 Å². The minimum Gasteiger partial charge on any atom is -0.504 e. The lowest BCUT2D eigenvalue weighted by molar-refractivity contribution is 0.201. The van der Waals surface area contributed by atoms with Crippen molar-refractivity contribution in [2.24, 2.45) is 0 Å². The van der Waals surface area contributed by atoms with Crippen molar-refractivity contribution in [2.75, 3.05) is 13.7 Å². The lowest BCUT2D eigenvalue weighted by atomic mass is 9.94. The van der Waals surface area contributed by atoms with Crippen molar-refractivity contribution < 1.29 is 20.1 Å². The van der Waals surface area contributed by atoms with E-state index < -0.39 is 6.10 Å². The Kier molecular flexibility index (Phi) is 9.24. The van der Waals surface area contributed by atoms with E-state index in [0.717, 1.165) is 32.3 Å². The number of benzene rings is 1. The van der Waals surface area contributed by atoms with Crippen molar-refractivity contribution in [3.8, 4) is 11.5 Å². The van der Waals surface area contributed by atoms with Gasteiger partial charge in [-0.25, -0.2) is 0 Å². The number of aliphatic hydroxyl groups is 2. The highest BCUT2D eigenvalue weighted by molar-refractivity contribution is 14.1. The third kappa shape index (κ3) is 6.49. The summed E-state index contributed by atoms with van der Waals surface area (Å²) in [5.41, 5.74) is 3.61. The monoisotopic (exact) mass is 458 g/mol. The first-order valence-electron chi connectivity index (χ1n) is 8.24. The van der Waals surface area contributed by atoms with Gasteiger partial charge in [0.05, 0.1) is 23.4 Å². The molecule has 0 amide bonds. The van der Waals surface area contributed by atoms with Gasteiger partial charge in [0, 0.05) is 0 Å². The number of phenolic OH excluding ortho intramolecular Hbond substituents is 1. The van der Waals surface area contributed by atoms with Gasteiger partial charge in [-0.15, -0.1) is 0 Å². The maximum absolute atomic E-state index is 10.4. The molecule has 0 bridgehead atoms. The van der Waals surface area contributed by atoms with Crippen molar-refractivity contribution in [1.29, 1.82) is 0 Å². The normalized spacial score (nSPS) is 13.7. The van der Waals surface area contributed by atoms with Crippen LogP contribution in [0, 0.1) is 3.57 Å². The van der Waals surface area contributed by atoms with E-state index >= 15 is 0 Å². The maximum atomic E-state index is 10.4. The summed E-state index contributed by atoms with van der Waals surface area (Å²) >= 11 is 2.07. The zero-order chi connectivity index (χ0) is 19.0. The number of aromatic hydroxyl groups is 1. The predicted octanol–water partition coefficient (Wildman–Crippen LogP) is 4.43. The molecule has 4 nitrogen and oxygen atoms in total. The van der Waals surface area contributed by atoms with Crippen molar-refractivity contribution in [2.45, 2.75) is 39.2 Å². The first-order valence-corrected chi connectivity index (χ1v) is 9.32. The molecule has 5 heteroatoms. The summed E-state index contributed by atoms with van der Waals surface area (Å²) in [5.74, 6) is 0.587.